The molecule has 4 aromatic rings. The molecule has 0 aromatic heterocycles. The van der Waals surface area contributed by atoms with Gasteiger partial charge in [0.15, 0.2) is 0 Å². The average molecular weight is 487 g/mol. The number of rotatable bonds is 0. The molecule has 0 amide bonds. The molecule has 1 aliphatic carbocycles. The first-order chi connectivity index (χ1) is 17.1. The third-order valence-corrected chi connectivity index (χ3v) is 6.90. The van der Waals surface area contributed by atoms with Crippen molar-refractivity contribution in [1.82, 2.24) is 0 Å². The molecular formula is C29H26O7. The van der Waals surface area contributed by atoms with Crippen LogP contribution in [-0.4, -0.2) is 35.7 Å². The van der Waals surface area contributed by atoms with E-state index in [2.05, 4.69) is 0 Å². The number of aromatic hydroxyl groups is 7. The summed E-state index contributed by atoms with van der Waals surface area (Å²) in [4.78, 5) is 0. The summed E-state index contributed by atoms with van der Waals surface area (Å²) in [6, 6.07) is 12.1. The highest BCUT2D eigenvalue weighted by Crippen LogP contribution is 2.38. The first-order valence-corrected chi connectivity index (χ1v) is 11.5. The van der Waals surface area contributed by atoms with Crippen LogP contribution in [0.5, 0.6) is 40.2 Å². The molecule has 0 aliphatic heterocycles. The maximum atomic E-state index is 10.6. The quantitative estimate of drug-likeness (QED) is 0.169. The third kappa shape index (κ3) is 4.20. The van der Waals surface area contributed by atoms with Crippen molar-refractivity contribution in [2.75, 3.05) is 0 Å². The molecule has 0 radical (unpaired) electrons. The zero-order valence-electron chi connectivity index (χ0n) is 19.6. The van der Waals surface area contributed by atoms with Crippen LogP contribution in [0.25, 0.3) is 0 Å². The fourth-order valence-corrected chi connectivity index (χ4v) is 4.81. The number of phenolic OH excluding ortho intramolecular Hbond substituents is 7. The lowest BCUT2D eigenvalue weighted by molar-refractivity contribution is 0.438. The van der Waals surface area contributed by atoms with Crippen LogP contribution < -0.4 is 0 Å². The van der Waals surface area contributed by atoms with Gasteiger partial charge in [0.05, 0.1) is 0 Å². The van der Waals surface area contributed by atoms with E-state index < -0.39 is 0 Å². The molecule has 0 atom stereocenters. The summed E-state index contributed by atoms with van der Waals surface area (Å²) in [5, 5.41) is 73.7. The predicted octanol–water partition coefficient (Wildman–Crippen LogP) is 4.61. The minimum absolute atomic E-state index is 0.0582. The van der Waals surface area contributed by atoms with Gasteiger partial charge in [0, 0.05) is 43.9 Å². The normalized spacial score (nSPS) is 12.9. The van der Waals surface area contributed by atoms with Gasteiger partial charge in [-0.25, -0.2) is 0 Å². The first kappa shape index (κ1) is 23.2. The maximum Gasteiger partial charge on any atom is 0.122 e. The zero-order valence-corrected chi connectivity index (χ0v) is 19.6. The van der Waals surface area contributed by atoms with E-state index in [-0.39, 0.29) is 59.5 Å². The van der Waals surface area contributed by atoms with E-state index in [0.29, 0.717) is 45.4 Å². The Bertz CT molecular complexity index is 1200. The average Bonchev–Trinajstić information content (AvgIpc) is 2.79. The molecule has 0 saturated heterocycles. The van der Waals surface area contributed by atoms with E-state index in [1.165, 1.54) is 18.2 Å². The maximum absolute atomic E-state index is 10.6. The number of fused-ring (bicyclic) bond motifs is 8. The van der Waals surface area contributed by atoms with Crippen molar-refractivity contribution in [3.8, 4) is 40.2 Å². The molecule has 0 heterocycles. The lowest BCUT2D eigenvalue weighted by Crippen LogP contribution is -2.01. The van der Waals surface area contributed by atoms with Crippen molar-refractivity contribution in [3.63, 3.8) is 0 Å². The van der Waals surface area contributed by atoms with Crippen molar-refractivity contribution in [2.45, 2.75) is 32.6 Å². The van der Waals surface area contributed by atoms with Crippen LogP contribution in [-0.2, 0) is 25.7 Å². The topological polar surface area (TPSA) is 142 Å². The van der Waals surface area contributed by atoms with Gasteiger partial charge in [-0.3, -0.25) is 0 Å². The molecule has 36 heavy (non-hydrogen) atoms. The van der Waals surface area contributed by atoms with Crippen molar-refractivity contribution < 1.29 is 35.7 Å². The van der Waals surface area contributed by atoms with Crippen LogP contribution in [0, 0.1) is 6.92 Å². The summed E-state index contributed by atoms with van der Waals surface area (Å²) in [5.74, 6) is -0.749. The lowest BCUT2D eigenvalue weighted by atomic mass is 9.90. The summed E-state index contributed by atoms with van der Waals surface area (Å²) >= 11 is 0. The van der Waals surface area contributed by atoms with Crippen LogP contribution in [0.2, 0.25) is 0 Å². The summed E-state index contributed by atoms with van der Waals surface area (Å²) in [7, 11) is 0. The first-order valence-electron chi connectivity index (χ1n) is 11.5. The van der Waals surface area contributed by atoms with Crippen molar-refractivity contribution in [3.05, 3.63) is 98.6 Å². The second-order valence-corrected chi connectivity index (χ2v) is 9.44. The van der Waals surface area contributed by atoms with Gasteiger partial charge < -0.3 is 35.7 Å². The Balaban J connectivity index is 1.75. The van der Waals surface area contributed by atoms with Crippen LogP contribution in [0.1, 0.15) is 50.1 Å². The highest BCUT2D eigenvalue weighted by Gasteiger charge is 2.19. The smallest absolute Gasteiger partial charge is 0.122 e. The number of aryl methyl sites for hydroxylation is 1. The van der Waals surface area contributed by atoms with Gasteiger partial charge >= 0.3 is 0 Å². The summed E-state index contributed by atoms with van der Waals surface area (Å²) in [5.41, 5.74) is 5.05. The SMILES string of the molecule is Cc1cc(O)c2cc1Cc1cc(c(O)cc1O)Cc1cc(c(O)cc1O)Cc1cc(c(O)cc1O)C2. The van der Waals surface area contributed by atoms with Crippen LogP contribution >= 0.6 is 0 Å². The molecule has 0 fully saturated rings. The highest BCUT2D eigenvalue weighted by atomic mass is 16.3. The lowest BCUT2D eigenvalue weighted by Gasteiger charge is -2.17. The molecule has 0 saturated carbocycles. The minimum Gasteiger partial charge on any atom is -0.508 e. The van der Waals surface area contributed by atoms with Crippen molar-refractivity contribution in [2.24, 2.45) is 0 Å². The van der Waals surface area contributed by atoms with E-state index in [1.54, 1.807) is 24.3 Å². The molecule has 8 bridgehead atoms. The van der Waals surface area contributed by atoms with Gasteiger partial charge in [-0.2, -0.15) is 0 Å². The minimum atomic E-state index is -0.164. The van der Waals surface area contributed by atoms with E-state index in [1.807, 2.05) is 13.0 Å². The van der Waals surface area contributed by atoms with Gasteiger partial charge in [0.2, 0.25) is 0 Å². The Labute approximate surface area is 207 Å². The number of phenols is 7. The van der Waals surface area contributed by atoms with Gasteiger partial charge in [-0.05, 0) is 81.3 Å². The molecule has 5 rings (SSSR count). The Kier molecular flexibility index (Phi) is 5.55. The predicted molar refractivity (Wildman–Crippen MR) is 133 cm³/mol. The van der Waals surface area contributed by atoms with Crippen LogP contribution in [0.3, 0.4) is 0 Å². The molecule has 7 heteroatoms. The van der Waals surface area contributed by atoms with Gasteiger partial charge in [-0.1, -0.05) is 6.07 Å². The molecular weight excluding hydrogens is 460 g/mol. The fraction of sp³-hybridized carbons (Fsp3) is 0.172. The fourth-order valence-electron chi connectivity index (χ4n) is 4.81. The largest absolute Gasteiger partial charge is 0.508 e. The second kappa shape index (κ2) is 8.61. The van der Waals surface area contributed by atoms with E-state index in [4.69, 9.17) is 0 Å². The molecule has 0 unspecified atom stereocenters. The number of hydrogen-bond donors (Lipinski definition) is 7. The monoisotopic (exact) mass is 486 g/mol. The van der Waals surface area contributed by atoms with Crippen molar-refractivity contribution >= 4 is 0 Å². The standard InChI is InChI=1S/C29H26O7/c1-14-2-23(30)16-3-15(14)4-17-6-19(25(32)11-24(17)31)8-21-10-22(29(36)13-28(21)35)9-20-7-18(5-16)26(33)12-27(20)34/h2-3,6-7,10-13,30-36H,4-5,8-9H2,1H3. The Morgan fingerprint density at radius 3 is 0.861 bits per heavy atom. The highest BCUT2D eigenvalue weighted by molar-refractivity contribution is 5.56. The summed E-state index contributed by atoms with van der Waals surface area (Å²) in [6.07, 6.45) is 0.733. The summed E-state index contributed by atoms with van der Waals surface area (Å²) < 4.78 is 0. The van der Waals surface area contributed by atoms with Crippen molar-refractivity contribution in [1.29, 1.82) is 0 Å². The molecule has 1 aliphatic rings. The molecule has 7 N–H and O–H groups in total. The Morgan fingerprint density at radius 2 is 0.556 bits per heavy atom. The molecule has 7 nitrogen and oxygen atoms in total. The summed E-state index contributed by atoms with van der Waals surface area (Å²) in [6.45, 7) is 1.85. The zero-order chi connectivity index (χ0) is 25.7. The second-order valence-electron chi connectivity index (χ2n) is 9.44. The molecule has 4 aromatic carbocycles. The molecule has 0 spiro atoms. The van der Waals surface area contributed by atoms with E-state index >= 15 is 0 Å². The van der Waals surface area contributed by atoms with Gasteiger partial charge in [0.25, 0.3) is 0 Å². The number of benzene rings is 4. The van der Waals surface area contributed by atoms with Crippen LogP contribution in [0.15, 0.2) is 48.5 Å². The van der Waals surface area contributed by atoms with Gasteiger partial charge in [-0.15, -0.1) is 0 Å². The Morgan fingerprint density at radius 1 is 0.333 bits per heavy atom. The Hall–Kier alpha value is -4.52. The molecule has 184 valence electrons. The third-order valence-electron chi connectivity index (χ3n) is 6.90. The van der Waals surface area contributed by atoms with E-state index in [0.717, 1.165) is 11.1 Å². The van der Waals surface area contributed by atoms with Gasteiger partial charge in [0.1, 0.15) is 40.2 Å². The van der Waals surface area contributed by atoms with Crippen LogP contribution in [0.4, 0.5) is 0 Å². The van der Waals surface area contributed by atoms with E-state index in [9.17, 15) is 35.7 Å². The number of hydrogen-bond acceptors (Lipinski definition) is 7.